The molecule has 1 aliphatic rings. The molecule has 4 nitrogen and oxygen atoms in total. The second kappa shape index (κ2) is 8.33. The van der Waals surface area contributed by atoms with Crippen molar-refractivity contribution in [3.63, 3.8) is 0 Å². The summed E-state index contributed by atoms with van der Waals surface area (Å²) in [6.45, 7) is 1.90. The molecule has 28 heavy (non-hydrogen) atoms. The van der Waals surface area contributed by atoms with E-state index in [9.17, 15) is 0 Å². The molecule has 4 rings (SSSR count). The highest BCUT2D eigenvalue weighted by Crippen LogP contribution is 2.36. The van der Waals surface area contributed by atoms with Crippen LogP contribution in [0.3, 0.4) is 0 Å². The standard InChI is InChI=1S/C23H26N2O2S/c1-24(13-12-17-8-11-21(26-2)22(14-17)27-3)15-18-9-10-19-16-28-23-7-5-4-6-20(23)25(18)19/h4-11,14H,12-13,15-16H2,1-3H3. The van der Waals surface area contributed by atoms with E-state index in [-0.39, 0.29) is 0 Å². The van der Waals surface area contributed by atoms with Crippen molar-refractivity contribution >= 4 is 11.8 Å². The summed E-state index contributed by atoms with van der Waals surface area (Å²) in [5, 5.41) is 0. The highest BCUT2D eigenvalue weighted by atomic mass is 32.2. The van der Waals surface area contributed by atoms with Gasteiger partial charge in [-0.1, -0.05) is 18.2 Å². The molecule has 0 unspecified atom stereocenters. The average molecular weight is 395 g/mol. The van der Waals surface area contributed by atoms with E-state index >= 15 is 0 Å². The Morgan fingerprint density at radius 3 is 2.64 bits per heavy atom. The minimum Gasteiger partial charge on any atom is -0.493 e. The Morgan fingerprint density at radius 2 is 1.82 bits per heavy atom. The van der Waals surface area contributed by atoms with E-state index in [2.05, 4.69) is 65.0 Å². The largest absolute Gasteiger partial charge is 0.493 e. The number of likely N-dealkylation sites (N-methyl/N-ethyl adjacent to an activating group) is 1. The number of rotatable bonds is 7. The van der Waals surface area contributed by atoms with E-state index in [1.165, 1.54) is 27.5 Å². The zero-order valence-electron chi connectivity index (χ0n) is 16.6. The van der Waals surface area contributed by atoms with Crippen LogP contribution in [0, 0.1) is 0 Å². The normalized spacial score (nSPS) is 12.6. The van der Waals surface area contributed by atoms with Gasteiger partial charge in [-0.15, -0.1) is 11.8 Å². The van der Waals surface area contributed by atoms with E-state index in [1.54, 1.807) is 14.2 Å². The molecule has 1 aromatic heterocycles. The Balaban J connectivity index is 1.45. The third-order valence-electron chi connectivity index (χ3n) is 5.19. The maximum Gasteiger partial charge on any atom is 0.160 e. The van der Waals surface area contributed by atoms with Crippen LogP contribution in [0.15, 0.2) is 59.5 Å². The Kier molecular flexibility index (Phi) is 5.64. The number of thioether (sulfide) groups is 1. The van der Waals surface area contributed by atoms with Crippen LogP contribution < -0.4 is 9.47 Å². The summed E-state index contributed by atoms with van der Waals surface area (Å²) in [6, 6.07) is 19.4. The third-order valence-corrected chi connectivity index (χ3v) is 6.28. The summed E-state index contributed by atoms with van der Waals surface area (Å²) in [5.41, 5.74) is 5.29. The van der Waals surface area contributed by atoms with Crippen LogP contribution in [0.1, 0.15) is 17.0 Å². The van der Waals surface area contributed by atoms with E-state index in [0.29, 0.717) is 0 Å². The first kappa shape index (κ1) is 19.0. The van der Waals surface area contributed by atoms with Crippen molar-refractivity contribution in [2.45, 2.75) is 23.6 Å². The second-order valence-electron chi connectivity index (χ2n) is 7.08. The summed E-state index contributed by atoms with van der Waals surface area (Å²) < 4.78 is 13.2. The van der Waals surface area contributed by atoms with Gasteiger partial charge in [-0.05, 0) is 55.4 Å². The van der Waals surface area contributed by atoms with Crippen LogP contribution in [0.4, 0.5) is 0 Å². The lowest BCUT2D eigenvalue weighted by Gasteiger charge is -2.24. The summed E-state index contributed by atoms with van der Waals surface area (Å²) >= 11 is 1.92. The minimum atomic E-state index is 0.774. The molecule has 5 heteroatoms. The summed E-state index contributed by atoms with van der Waals surface area (Å²) in [6.07, 6.45) is 0.969. The molecule has 0 fully saturated rings. The van der Waals surface area contributed by atoms with Gasteiger partial charge < -0.3 is 18.9 Å². The van der Waals surface area contributed by atoms with Gasteiger partial charge in [0.05, 0.1) is 19.9 Å². The van der Waals surface area contributed by atoms with E-state index < -0.39 is 0 Å². The van der Waals surface area contributed by atoms with Gasteiger partial charge in [-0.25, -0.2) is 0 Å². The SMILES string of the molecule is COc1ccc(CCN(C)Cc2ccc3n2-c2ccccc2SC3)cc1OC. The molecule has 1 aliphatic heterocycles. The summed E-state index contributed by atoms with van der Waals surface area (Å²) in [5.74, 6) is 2.60. The Morgan fingerprint density at radius 1 is 1.00 bits per heavy atom. The number of aromatic nitrogens is 1. The van der Waals surface area contributed by atoms with Crippen molar-refractivity contribution in [2.24, 2.45) is 0 Å². The van der Waals surface area contributed by atoms with Crippen molar-refractivity contribution in [3.05, 3.63) is 71.5 Å². The number of fused-ring (bicyclic) bond motifs is 3. The zero-order valence-corrected chi connectivity index (χ0v) is 17.5. The van der Waals surface area contributed by atoms with Crippen LogP contribution in [-0.4, -0.2) is 37.3 Å². The molecule has 0 radical (unpaired) electrons. The van der Waals surface area contributed by atoms with Crippen LogP contribution >= 0.6 is 11.8 Å². The first-order chi connectivity index (χ1) is 13.7. The number of para-hydroxylation sites is 1. The van der Waals surface area contributed by atoms with E-state index in [4.69, 9.17) is 9.47 Å². The molecule has 2 heterocycles. The maximum atomic E-state index is 5.42. The number of methoxy groups -OCH3 is 2. The minimum absolute atomic E-state index is 0.774. The quantitative estimate of drug-likeness (QED) is 0.576. The van der Waals surface area contributed by atoms with Gasteiger partial charge in [0, 0.05) is 35.1 Å². The lowest BCUT2D eigenvalue weighted by atomic mass is 10.1. The highest BCUT2D eigenvalue weighted by molar-refractivity contribution is 7.98. The molecular weight excluding hydrogens is 368 g/mol. The number of hydrogen-bond donors (Lipinski definition) is 0. The number of benzene rings is 2. The predicted molar refractivity (Wildman–Crippen MR) is 115 cm³/mol. The fourth-order valence-electron chi connectivity index (χ4n) is 3.70. The van der Waals surface area contributed by atoms with Crippen molar-refractivity contribution in [3.8, 4) is 17.2 Å². The second-order valence-corrected chi connectivity index (χ2v) is 8.10. The van der Waals surface area contributed by atoms with Crippen molar-refractivity contribution in [1.82, 2.24) is 9.47 Å². The molecule has 0 amide bonds. The van der Waals surface area contributed by atoms with Gasteiger partial charge in [0.2, 0.25) is 0 Å². The lowest BCUT2D eigenvalue weighted by molar-refractivity contribution is 0.324. The molecule has 0 N–H and O–H groups in total. The van der Waals surface area contributed by atoms with Gasteiger partial charge in [0.25, 0.3) is 0 Å². The van der Waals surface area contributed by atoms with Gasteiger partial charge in [-0.2, -0.15) is 0 Å². The molecule has 0 aliphatic carbocycles. The van der Waals surface area contributed by atoms with Crippen LogP contribution in [0.5, 0.6) is 11.5 Å². The smallest absolute Gasteiger partial charge is 0.160 e. The van der Waals surface area contributed by atoms with E-state index in [0.717, 1.165) is 36.8 Å². The highest BCUT2D eigenvalue weighted by Gasteiger charge is 2.19. The number of nitrogens with zero attached hydrogens (tertiary/aromatic N) is 2. The first-order valence-corrected chi connectivity index (χ1v) is 10.5. The maximum absolute atomic E-state index is 5.42. The molecular formula is C23H26N2O2S. The van der Waals surface area contributed by atoms with Crippen LogP contribution in [0.25, 0.3) is 5.69 Å². The van der Waals surface area contributed by atoms with Gasteiger partial charge in [-0.3, -0.25) is 0 Å². The summed E-state index contributed by atoms with van der Waals surface area (Å²) in [4.78, 5) is 3.74. The molecule has 0 saturated carbocycles. The van der Waals surface area contributed by atoms with Crippen molar-refractivity contribution in [1.29, 1.82) is 0 Å². The lowest BCUT2D eigenvalue weighted by Crippen LogP contribution is -2.23. The first-order valence-electron chi connectivity index (χ1n) is 9.50. The topological polar surface area (TPSA) is 26.6 Å². The molecule has 3 aromatic rings. The molecule has 0 saturated heterocycles. The van der Waals surface area contributed by atoms with E-state index in [1.807, 2.05) is 17.8 Å². The molecule has 0 spiro atoms. The monoisotopic (exact) mass is 394 g/mol. The Hall–Kier alpha value is -2.37. The fraction of sp³-hybridized carbons (Fsp3) is 0.304. The Bertz CT molecular complexity index is 967. The van der Waals surface area contributed by atoms with Crippen LogP contribution in [-0.2, 0) is 18.7 Å². The third kappa shape index (κ3) is 3.77. The van der Waals surface area contributed by atoms with Crippen molar-refractivity contribution < 1.29 is 9.47 Å². The van der Waals surface area contributed by atoms with Gasteiger partial charge in [0.1, 0.15) is 0 Å². The summed E-state index contributed by atoms with van der Waals surface area (Å²) in [7, 11) is 5.53. The van der Waals surface area contributed by atoms with Crippen molar-refractivity contribution in [2.75, 3.05) is 27.8 Å². The Labute approximate surface area is 171 Å². The number of hydrogen-bond acceptors (Lipinski definition) is 4. The predicted octanol–water partition coefficient (Wildman–Crippen LogP) is 4.77. The molecule has 0 bridgehead atoms. The fourth-order valence-corrected chi connectivity index (χ4v) is 4.71. The zero-order chi connectivity index (χ0) is 19.5. The molecule has 2 aromatic carbocycles. The molecule has 146 valence electrons. The average Bonchev–Trinajstić information content (AvgIpc) is 3.15. The molecule has 0 atom stereocenters. The van der Waals surface area contributed by atoms with Gasteiger partial charge in [0.15, 0.2) is 11.5 Å². The number of ether oxygens (including phenoxy) is 2. The van der Waals surface area contributed by atoms with Crippen LogP contribution in [0.2, 0.25) is 0 Å². The van der Waals surface area contributed by atoms with Gasteiger partial charge >= 0.3 is 0 Å².